The average Bonchev–Trinajstić information content (AvgIpc) is 2.16. The molecule has 0 aromatic heterocycles. The van der Waals surface area contributed by atoms with Gasteiger partial charge in [0.15, 0.2) is 0 Å². The first-order chi connectivity index (χ1) is 6.61. The number of benzene rings is 1. The van der Waals surface area contributed by atoms with Crippen molar-refractivity contribution in [3.8, 4) is 0 Å². The molecule has 0 heterocycles. The van der Waals surface area contributed by atoms with E-state index in [-0.39, 0.29) is 11.3 Å². The Hall–Kier alpha value is -1.25. The van der Waals surface area contributed by atoms with Crippen LogP contribution in [0.4, 0.5) is 8.78 Å². The highest BCUT2D eigenvalue weighted by Crippen LogP contribution is 2.36. The van der Waals surface area contributed by atoms with Crippen LogP contribution in [-0.2, 0) is 4.79 Å². The molecule has 1 aromatic carbocycles. The van der Waals surface area contributed by atoms with Crippen LogP contribution in [0.3, 0.4) is 0 Å². The Balaban J connectivity index is 2.50. The van der Waals surface area contributed by atoms with Crippen LogP contribution in [0.5, 0.6) is 0 Å². The van der Waals surface area contributed by atoms with Gasteiger partial charge in [0.05, 0.1) is 0 Å². The fourth-order valence-electron chi connectivity index (χ4n) is 1.71. The molecular weight excluding hydrogens is 186 g/mol. The summed E-state index contributed by atoms with van der Waals surface area (Å²) in [5, 5.41) is 0. The van der Waals surface area contributed by atoms with Crippen molar-refractivity contribution < 1.29 is 13.6 Å². The second-order valence-corrected chi connectivity index (χ2v) is 3.65. The maximum Gasteiger partial charge on any atom is 0.140 e. The predicted molar refractivity (Wildman–Crippen MR) is 48.1 cm³/mol. The van der Waals surface area contributed by atoms with Crippen LogP contribution >= 0.6 is 0 Å². The molecule has 3 heteroatoms. The van der Waals surface area contributed by atoms with E-state index in [9.17, 15) is 13.6 Å². The second-order valence-electron chi connectivity index (χ2n) is 3.65. The maximum absolute atomic E-state index is 13.5. The van der Waals surface area contributed by atoms with Gasteiger partial charge in [-0.05, 0) is 25.0 Å². The average molecular weight is 196 g/mol. The minimum atomic E-state index is -0.605. The summed E-state index contributed by atoms with van der Waals surface area (Å²) in [5.41, 5.74) is 0.349. The van der Waals surface area contributed by atoms with E-state index < -0.39 is 17.6 Å². The summed E-state index contributed by atoms with van der Waals surface area (Å²) in [6, 6.07) is 2.61. The summed E-state index contributed by atoms with van der Waals surface area (Å²) in [6.07, 6.45) is 1.01. The topological polar surface area (TPSA) is 17.1 Å². The Kier molecular flexibility index (Phi) is 2.10. The number of hydrogen-bond donors (Lipinski definition) is 0. The number of halogens is 2. The quantitative estimate of drug-likeness (QED) is 0.675. The summed E-state index contributed by atoms with van der Waals surface area (Å²) < 4.78 is 26.8. The van der Waals surface area contributed by atoms with Crippen molar-refractivity contribution in [3.05, 3.63) is 34.9 Å². The molecule has 2 rings (SSSR count). The standard InChI is InChI=1S/C11H10F2O/c1-6-2-4-8(12)10(11(6)13)7-3-5-9(7)14/h2,4,7H,3,5H2,1H3. The third kappa shape index (κ3) is 1.24. The lowest BCUT2D eigenvalue weighted by Gasteiger charge is -2.25. The first-order valence-electron chi connectivity index (χ1n) is 4.58. The van der Waals surface area contributed by atoms with Gasteiger partial charge >= 0.3 is 0 Å². The molecule has 0 bridgehead atoms. The van der Waals surface area contributed by atoms with Crippen LogP contribution in [0, 0.1) is 18.6 Å². The summed E-state index contributed by atoms with van der Waals surface area (Å²) in [5.74, 6) is -1.78. The molecule has 0 N–H and O–H groups in total. The molecule has 0 aliphatic heterocycles. The lowest BCUT2D eigenvalue weighted by Crippen LogP contribution is -2.25. The normalized spacial score (nSPS) is 20.8. The van der Waals surface area contributed by atoms with E-state index in [2.05, 4.69) is 0 Å². The van der Waals surface area contributed by atoms with Gasteiger partial charge in [-0.2, -0.15) is 0 Å². The van der Waals surface area contributed by atoms with E-state index in [1.165, 1.54) is 12.1 Å². The molecule has 0 radical (unpaired) electrons. The molecule has 14 heavy (non-hydrogen) atoms. The fourth-order valence-corrected chi connectivity index (χ4v) is 1.71. The third-order valence-electron chi connectivity index (χ3n) is 2.74. The molecule has 1 nitrogen and oxygen atoms in total. The van der Waals surface area contributed by atoms with Gasteiger partial charge in [-0.1, -0.05) is 6.07 Å². The van der Waals surface area contributed by atoms with Crippen molar-refractivity contribution >= 4 is 5.78 Å². The van der Waals surface area contributed by atoms with Crippen LogP contribution in [0.15, 0.2) is 12.1 Å². The van der Waals surface area contributed by atoms with E-state index in [0.29, 0.717) is 18.4 Å². The number of Topliss-reactive ketones (excluding diaryl/α,β-unsaturated/α-hetero) is 1. The molecule has 1 unspecified atom stereocenters. The summed E-state index contributed by atoms with van der Waals surface area (Å²) in [6.45, 7) is 1.57. The Labute approximate surface area is 80.7 Å². The number of carbonyl (C=O) groups excluding carboxylic acids is 1. The Morgan fingerprint density at radius 1 is 1.36 bits per heavy atom. The van der Waals surface area contributed by atoms with Crippen molar-refractivity contribution in [3.63, 3.8) is 0 Å². The van der Waals surface area contributed by atoms with E-state index in [0.717, 1.165) is 0 Å². The van der Waals surface area contributed by atoms with Crippen molar-refractivity contribution in [2.75, 3.05) is 0 Å². The van der Waals surface area contributed by atoms with Gasteiger partial charge < -0.3 is 0 Å². The number of aryl methyl sites for hydroxylation is 1. The highest BCUT2D eigenvalue weighted by atomic mass is 19.1. The van der Waals surface area contributed by atoms with Gasteiger partial charge in [0.25, 0.3) is 0 Å². The molecule has 0 amide bonds. The number of ketones is 1. The smallest absolute Gasteiger partial charge is 0.140 e. The third-order valence-corrected chi connectivity index (χ3v) is 2.74. The van der Waals surface area contributed by atoms with Gasteiger partial charge in [0.2, 0.25) is 0 Å². The van der Waals surface area contributed by atoms with Crippen LogP contribution in [0.1, 0.15) is 29.9 Å². The lowest BCUT2D eigenvalue weighted by molar-refractivity contribution is -0.125. The van der Waals surface area contributed by atoms with Crippen LogP contribution < -0.4 is 0 Å². The van der Waals surface area contributed by atoms with Gasteiger partial charge in [-0.15, -0.1) is 0 Å². The monoisotopic (exact) mass is 196 g/mol. The molecule has 74 valence electrons. The lowest BCUT2D eigenvalue weighted by atomic mass is 9.78. The Bertz CT molecular complexity index is 399. The zero-order valence-corrected chi connectivity index (χ0v) is 7.81. The summed E-state index contributed by atoms with van der Waals surface area (Å²) in [7, 11) is 0. The molecule has 1 aromatic rings. The maximum atomic E-state index is 13.5. The molecule has 1 saturated carbocycles. The fraction of sp³-hybridized carbons (Fsp3) is 0.364. The van der Waals surface area contributed by atoms with Crippen molar-refractivity contribution in [2.24, 2.45) is 0 Å². The molecule has 1 atom stereocenters. The van der Waals surface area contributed by atoms with Gasteiger partial charge in [0, 0.05) is 17.9 Å². The van der Waals surface area contributed by atoms with Crippen LogP contribution in [0.2, 0.25) is 0 Å². The van der Waals surface area contributed by atoms with Crippen molar-refractivity contribution in [2.45, 2.75) is 25.7 Å². The van der Waals surface area contributed by atoms with Gasteiger partial charge in [0.1, 0.15) is 17.4 Å². The van der Waals surface area contributed by atoms with Crippen LogP contribution in [0.25, 0.3) is 0 Å². The number of hydrogen-bond acceptors (Lipinski definition) is 1. The molecular formula is C11H10F2O. The number of carbonyl (C=O) groups is 1. The minimum Gasteiger partial charge on any atom is -0.299 e. The van der Waals surface area contributed by atoms with E-state index >= 15 is 0 Å². The zero-order chi connectivity index (χ0) is 10.3. The molecule has 1 fully saturated rings. The number of rotatable bonds is 1. The van der Waals surface area contributed by atoms with Crippen molar-refractivity contribution in [1.29, 1.82) is 0 Å². The molecule has 1 aliphatic carbocycles. The van der Waals surface area contributed by atoms with Crippen LogP contribution in [-0.4, -0.2) is 5.78 Å². The highest BCUT2D eigenvalue weighted by molar-refractivity contribution is 5.91. The second kappa shape index (κ2) is 3.15. The molecule has 0 spiro atoms. The molecule has 1 aliphatic rings. The largest absolute Gasteiger partial charge is 0.299 e. The van der Waals surface area contributed by atoms with E-state index in [1.807, 2.05) is 0 Å². The highest BCUT2D eigenvalue weighted by Gasteiger charge is 2.34. The Morgan fingerprint density at radius 3 is 2.57 bits per heavy atom. The van der Waals surface area contributed by atoms with Crippen molar-refractivity contribution in [1.82, 2.24) is 0 Å². The minimum absolute atomic E-state index is 0.0405. The van der Waals surface area contributed by atoms with Gasteiger partial charge in [-0.3, -0.25) is 4.79 Å². The molecule has 0 saturated heterocycles. The summed E-state index contributed by atoms with van der Waals surface area (Å²) >= 11 is 0. The van der Waals surface area contributed by atoms with E-state index in [1.54, 1.807) is 6.92 Å². The summed E-state index contributed by atoms with van der Waals surface area (Å²) in [4.78, 5) is 11.1. The predicted octanol–water partition coefficient (Wildman–Crippen LogP) is 2.72. The Morgan fingerprint density at radius 2 is 2.07 bits per heavy atom. The van der Waals surface area contributed by atoms with Gasteiger partial charge in [-0.25, -0.2) is 8.78 Å². The zero-order valence-electron chi connectivity index (χ0n) is 7.81. The first-order valence-corrected chi connectivity index (χ1v) is 4.58. The first kappa shape index (κ1) is 9.31. The van der Waals surface area contributed by atoms with E-state index in [4.69, 9.17) is 0 Å². The SMILES string of the molecule is Cc1ccc(F)c(C2CCC2=O)c1F.